The highest BCUT2D eigenvalue weighted by molar-refractivity contribution is 9.10. The van der Waals surface area contributed by atoms with E-state index in [0.29, 0.717) is 12.6 Å². The predicted molar refractivity (Wildman–Crippen MR) is 83.2 cm³/mol. The highest BCUT2D eigenvalue weighted by Gasteiger charge is 2.15. The Balaban J connectivity index is 2.33. The van der Waals surface area contributed by atoms with Crippen LogP contribution in [-0.2, 0) is 6.54 Å². The van der Waals surface area contributed by atoms with Crippen molar-refractivity contribution in [3.8, 4) is 0 Å². The highest BCUT2D eigenvalue weighted by Crippen LogP contribution is 2.32. The molecule has 2 rings (SSSR count). The molecular weight excluding hydrogens is 308 g/mol. The first-order valence-electron chi connectivity index (χ1n) is 5.88. The van der Waals surface area contributed by atoms with Crippen LogP contribution in [0.25, 0.3) is 0 Å². The van der Waals surface area contributed by atoms with Gasteiger partial charge in [0.05, 0.1) is 6.04 Å². The van der Waals surface area contributed by atoms with Crippen molar-refractivity contribution in [2.24, 2.45) is 5.73 Å². The lowest BCUT2D eigenvalue weighted by Crippen LogP contribution is -2.22. The van der Waals surface area contributed by atoms with Gasteiger partial charge in [0.2, 0.25) is 0 Å². The van der Waals surface area contributed by atoms with Crippen LogP contribution in [0, 0.1) is 0 Å². The van der Waals surface area contributed by atoms with Gasteiger partial charge in [0.25, 0.3) is 0 Å². The summed E-state index contributed by atoms with van der Waals surface area (Å²) >= 11 is 5.31. The molecule has 0 aliphatic carbocycles. The first-order chi connectivity index (χ1) is 8.63. The Morgan fingerprint density at radius 1 is 1.39 bits per heavy atom. The van der Waals surface area contributed by atoms with Crippen LogP contribution in [0.15, 0.2) is 40.2 Å². The molecule has 2 aromatic rings. The number of anilines is 1. The SMILES string of the molecule is CC(c1cccs1)N(C)c1cc(Br)ccc1CN. The van der Waals surface area contributed by atoms with Crippen molar-refractivity contribution < 1.29 is 0 Å². The molecule has 4 heteroatoms. The summed E-state index contributed by atoms with van der Waals surface area (Å²) < 4.78 is 1.08. The summed E-state index contributed by atoms with van der Waals surface area (Å²) in [5.41, 5.74) is 8.18. The zero-order valence-electron chi connectivity index (χ0n) is 10.6. The third-order valence-electron chi connectivity index (χ3n) is 3.18. The second-order valence-corrected chi connectivity index (χ2v) is 6.17. The van der Waals surface area contributed by atoms with Gasteiger partial charge in [-0.1, -0.05) is 28.1 Å². The Hall–Kier alpha value is -0.840. The molecule has 1 aromatic carbocycles. The van der Waals surface area contributed by atoms with Crippen LogP contribution in [-0.4, -0.2) is 7.05 Å². The molecule has 0 aliphatic heterocycles. The zero-order valence-corrected chi connectivity index (χ0v) is 13.0. The van der Waals surface area contributed by atoms with E-state index in [0.717, 1.165) is 4.47 Å². The molecule has 0 radical (unpaired) electrons. The highest BCUT2D eigenvalue weighted by atomic mass is 79.9. The van der Waals surface area contributed by atoms with Crippen molar-refractivity contribution in [1.29, 1.82) is 0 Å². The second kappa shape index (κ2) is 5.87. The minimum atomic E-state index is 0.351. The van der Waals surface area contributed by atoms with Crippen molar-refractivity contribution in [3.05, 3.63) is 50.6 Å². The van der Waals surface area contributed by atoms with Crippen molar-refractivity contribution >= 4 is 33.0 Å². The standard InChI is InChI=1S/C14H17BrN2S/c1-10(14-4-3-7-18-14)17(2)13-8-12(15)6-5-11(13)9-16/h3-8,10H,9,16H2,1-2H3. The smallest absolute Gasteiger partial charge is 0.0603 e. The number of nitrogens with zero attached hydrogens (tertiary/aromatic N) is 1. The van der Waals surface area contributed by atoms with Crippen LogP contribution < -0.4 is 10.6 Å². The molecule has 96 valence electrons. The molecule has 0 spiro atoms. The summed E-state index contributed by atoms with van der Waals surface area (Å²) in [7, 11) is 2.12. The second-order valence-electron chi connectivity index (χ2n) is 4.28. The van der Waals surface area contributed by atoms with Crippen molar-refractivity contribution in [2.75, 3.05) is 11.9 Å². The molecule has 0 bridgehead atoms. The Bertz CT molecular complexity index is 511. The number of rotatable bonds is 4. The summed E-state index contributed by atoms with van der Waals surface area (Å²) in [6, 6.07) is 10.9. The van der Waals surface area contributed by atoms with E-state index < -0.39 is 0 Å². The van der Waals surface area contributed by atoms with Gasteiger partial charge in [-0.3, -0.25) is 0 Å². The Morgan fingerprint density at radius 3 is 2.78 bits per heavy atom. The predicted octanol–water partition coefficient (Wildman–Crippen LogP) is 4.17. The van der Waals surface area contributed by atoms with Crippen LogP contribution in [0.5, 0.6) is 0 Å². The minimum absolute atomic E-state index is 0.351. The molecular formula is C14H17BrN2S. The van der Waals surface area contributed by atoms with Crippen LogP contribution in [0.1, 0.15) is 23.4 Å². The van der Waals surface area contributed by atoms with E-state index in [2.05, 4.69) is 64.4 Å². The van der Waals surface area contributed by atoms with E-state index in [1.807, 2.05) is 6.07 Å². The molecule has 1 aromatic heterocycles. The van der Waals surface area contributed by atoms with E-state index in [9.17, 15) is 0 Å². The third kappa shape index (κ3) is 2.76. The number of thiophene rings is 1. The van der Waals surface area contributed by atoms with Gasteiger partial charge in [0.15, 0.2) is 0 Å². The average molecular weight is 325 g/mol. The third-order valence-corrected chi connectivity index (χ3v) is 4.72. The van der Waals surface area contributed by atoms with E-state index in [-0.39, 0.29) is 0 Å². The average Bonchev–Trinajstić information content (AvgIpc) is 2.90. The minimum Gasteiger partial charge on any atom is -0.367 e. The lowest BCUT2D eigenvalue weighted by molar-refractivity contribution is 0.748. The van der Waals surface area contributed by atoms with Crippen LogP contribution >= 0.6 is 27.3 Å². The van der Waals surface area contributed by atoms with Gasteiger partial charge in [-0.05, 0) is 36.1 Å². The van der Waals surface area contributed by atoms with Crippen LogP contribution in [0.2, 0.25) is 0 Å². The maximum absolute atomic E-state index is 5.82. The summed E-state index contributed by atoms with van der Waals surface area (Å²) in [6.45, 7) is 2.77. The maximum atomic E-state index is 5.82. The molecule has 0 saturated heterocycles. The van der Waals surface area contributed by atoms with Crippen molar-refractivity contribution in [3.63, 3.8) is 0 Å². The van der Waals surface area contributed by atoms with Gasteiger partial charge < -0.3 is 10.6 Å². The molecule has 0 amide bonds. The number of nitrogens with two attached hydrogens (primary N) is 1. The molecule has 1 unspecified atom stereocenters. The van der Waals surface area contributed by atoms with E-state index in [1.165, 1.54) is 16.1 Å². The fourth-order valence-corrected chi connectivity index (χ4v) is 3.14. The lowest BCUT2D eigenvalue weighted by atomic mass is 10.1. The van der Waals surface area contributed by atoms with Crippen LogP contribution in [0.3, 0.4) is 0 Å². The number of hydrogen-bond donors (Lipinski definition) is 1. The molecule has 0 fully saturated rings. The monoisotopic (exact) mass is 324 g/mol. The first kappa shape index (κ1) is 13.6. The lowest BCUT2D eigenvalue weighted by Gasteiger charge is -2.28. The normalized spacial score (nSPS) is 12.4. The Labute approximate surface area is 121 Å². The molecule has 2 nitrogen and oxygen atoms in total. The van der Waals surface area contributed by atoms with Gasteiger partial charge in [0, 0.05) is 28.6 Å². The van der Waals surface area contributed by atoms with E-state index in [1.54, 1.807) is 11.3 Å². The topological polar surface area (TPSA) is 29.3 Å². The molecule has 1 atom stereocenters. The number of halogens is 1. The number of hydrogen-bond acceptors (Lipinski definition) is 3. The van der Waals surface area contributed by atoms with Crippen molar-refractivity contribution in [2.45, 2.75) is 19.5 Å². The summed E-state index contributed by atoms with van der Waals surface area (Å²) in [4.78, 5) is 3.64. The summed E-state index contributed by atoms with van der Waals surface area (Å²) in [5, 5.41) is 2.12. The van der Waals surface area contributed by atoms with Gasteiger partial charge in [-0.25, -0.2) is 0 Å². The fourth-order valence-electron chi connectivity index (χ4n) is 1.97. The Kier molecular flexibility index (Phi) is 4.43. The van der Waals surface area contributed by atoms with Gasteiger partial charge in [0.1, 0.15) is 0 Å². The van der Waals surface area contributed by atoms with Gasteiger partial charge >= 0.3 is 0 Å². The maximum Gasteiger partial charge on any atom is 0.0603 e. The fraction of sp³-hybridized carbons (Fsp3) is 0.286. The zero-order chi connectivity index (χ0) is 13.1. The largest absolute Gasteiger partial charge is 0.367 e. The molecule has 2 N–H and O–H groups in total. The molecule has 1 heterocycles. The molecule has 18 heavy (non-hydrogen) atoms. The van der Waals surface area contributed by atoms with E-state index >= 15 is 0 Å². The summed E-state index contributed by atoms with van der Waals surface area (Å²) in [6.07, 6.45) is 0. The quantitative estimate of drug-likeness (QED) is 0.914. The molecule has 0 saturated carbocycles. The summed E-state index contributed by atoms with van der Waals surface area (Å²) in [5.74, 6) is 0. The number of benzene rings is 1. The van der Waals surface area contributed by atoms with Gasteiger partial charge in [-0.2, -0.15) is 0 Å². The van der Waals surface area contributed by atoms with Crippen molar-refractivity contribution in [1.82, 2.24) is 0 Å². The first-order valence-corrected chi connectivity index (χ1v) is 7.55. The Morgan fingerprint density at radius 2 is 2.17 bits per heavy atom. The van der Waals surface area contributed by atoms with Gasteiger partial charge in [-0.15, -0.1) is 11.3 Å². The molecule has 0 aliphatic rings. The van der Waals surface area contributed by atoms with E-state index in [4.69, 9.17) is 5.73 Å². The van der Waals surface area contributed by atoms with Crippen LogP contribution in [0.4, 0.5) is 5.69 Å².